The number of aromatic nitrogens is 5. The second-order valence-corrected chi connectivity index (χ2v) is 7.53. The SMILES string of the molecule is O=C(CCc1nc2ccccc2[nH]c1=O)Nc1nc2scc(-c3ccccc3)n2n1. The third-order valence-electron chi connectivity index (χ3n) is 4.66. The van der Waals surface area contributed by atoms with Crippen molar-refractivity contribution < 1.29 is 4.79 Å². The molecule has 0 fully saturated rings. The first-order valence-corrected chi connectivity index (χ1v) is 10.2. The summed E-state index contributed by atoms with van der Waals surface area (Å²) in [6.07, 6.45) is 0.330. The highest BCUT2D eigenvalue weighted by molar-refractivity contribution is 7.15. The number of carbonyl (C=O) groups excluding carboxylic acids is 1. The number of rotatable bonds is 5. The Morgan fingerprint density at radius 2 is 1.87 bits per heavy atom. The van der Waals surface area contributed by atoms with E-state index in [-0.39, 0.29) is 30.3 Å². The molecule has 0 atom stereocenters. The average Bonchev–Trinajstić information content (AvgIpc) is 3.33. The van der Waals surface area contributed by atoms with Crippen molar-refractivity contribution in [2.24, 2.45) is 0 Å². The summed E-state index contributed by atoms with van der Waals surface area (Å²) in [4.78, 5) is 36.8. The molecule has 2 N–H and O–H groups in total. The summed E-state index contributed by atoms with van der Waals surface area (Å²) >= 11 is 1.45. The predicted molar refractivity (Wildman–Crippen MR) is 116 cm³/mol. The standard InChI is InChI=1S/C21H16N6O2S/c28-18(11-10-16-19(29)23-15-9-5-4-8-14(15)22-16)24-20-25-21-27(26-20)17(12-30-21)13-6-2-1-3-7-13/h1-9,12H,10-11H2,(H,23,29)(H,24,26,28). The number of benzene rings is 2. The van der Waals surface area contributed by atoms with Gasteiger partial charge in [0.1, 0.15) is 5.69 Å². The van der Waals surface area contributed by atoms with Gasteiger partial charge in [-0.15, -0.1) is 16.4 Å². The van der Waals surface area contributed by atoms with E-state index in [2.05, 4.69) is 25.4 Å². The predicted octanol–water partition coefficient (Wildman–Crippen LogP) is 3.27. The Balaban J connectivity index is 1.30. The van der Waals surface area contributed by atoms with Crippen LogP contribution in [0.5, 0.6) is 0 Å². The molecule has 3 heterocycles. The lowest BCUT2D eigenvalue weighted by Crippen LogP contribution is -2.19. The minimum atomic E-state index is -0.283. The van der Waals surface area contributed by atoms with Crippen LogP contribution >= 0.6 is 11.3 Å². The topological polar surface area (TPSA) is 105 Å². The van der Waals surface area contributed by atoms with Gasteiger partial charge in [0.2, 0.25) is 16.8 Å². The lowest BCUT2D eigenvalue weighted by molar-refractivity contribution is -0.116. The smallest absolute Gasteiger partial charge is 0.270 e. The fourth-order valence-electron chi connectivity index (χ4n) is 3.20. The van der Waals surface area contributed by atoms with Crippen molar-refractivity contribution in [2.75, 3.05) is 5.32 Å². The molecule has 0 aliphatic carbocycles. The Labute approximate surface area is 174 Å². The highest BCUT2D eigenvalue weighted by Crippen LogP contribution is 2.25. The zero-order chi connectivity index (χ0) is 20.5. The molecule has 30 heavy (non-hydrogen) atoms. The van der Waals surface area contributed by atoms with Crippen molar-refractivity contribution in [1.82, 2.24) is 24.6 Å². The van der Waals surface area contributed by atoms with Crippen molar-refractivity contribution in [3.63, 3.8) is 0 Å². The van der Waals surface area contributed by atoms with Gasteiger partial charge in [-0.05, 0) is 12.1 Å². The maximum absolute atomic E-state index is 12.4. The number of aryl methyl sites for hydroxylation is 1. The lowest BCUT2D eigenvalue weighted by atomic mass is 10.2. The molecule has 5 aromatic rings. The molecular formula is C21H16N6O2S. The van der Waals surface area contributed by atoms with E-state index in [9.17, 15) is 9.59 Å². The monoisotopic (exact) mass is 416 g/mol. The van der Waals surface area contributed by atoms with E-state index >= 15 is 0 Å². The molecule has 0 saturated carbocycles. The number of hydrogen-bond acceptors (Lipinski definition) is 6. The number of thiazole rings is 1. The molecule has 0 unspecified atom stereocenters. The normalized spacial score (nSPS) is 11.2. The number of nitrogens with zero attached hydrogens (tertiary/aromatic N) is 4. The van der Waals surface area contributed by atoms with E-state index in [4.69, 9.17) is 0 Å². The van der Waals surface area contributed by atoms with E-state index in [0.717, 1.165) is 11.3 Å². The number of carbonyl (C=O) groups is 1. The number of H-pyrrole nitrogens is 1. The minimum Gasteiger partial charge on any atom is -0.319 e. The van der Waals surface area contributed by atoms with Gasteiger partial charge >= 0.3 is 0 Å². The fourth-order valence-corrected chi connectivity index (χ4v) is 4.03. The second-order valence-electron chi connectivity index (χ2n) is 6.69. The summed E-state index contributed by atoms with van der Waals surface area (Å²) < 4.78 is 1.71. The van der Waals surface area contributed by atoms with Gasteiger partial charge in [0.05, 0.1) is 16.7 Å². The number of nitrogens with one attached hydrogen (secondary N) is 2. The summed E-state index contributed by atoms with van der Waals surface area (Å²) in [6.45, 7) is 0. The average molecular weight is 416 g/mol. The van der Waals surface area contributed by atoms with Crippen LogP contribution in [0.15, 0.2) is 64.8 Å². The summed E-state index contributed by atoms with van der Waals surface area (Å²) in [5.74, 6) is -0.0340. The molecule has 3 aromatic heterocycles. The minimum absolute atomic E-state index is 0.104. The van der Waals surface area contributed by atoms with E-state index in [1.807, 2.05) is 53.9 Å². The number of amides is 1. The first-order valence-electron chi connectivity index (χ1n) is 9.35. The van der Waals surface area contributed by atoms with Gasteiger partial charge in [0.15, 0.2) is 0 Å². The summed E-state index contributed by atoms with van der Waals surface area (Å²) in [5.41, 5.74) is 3.34. The highest BCUT2D eigenvalue weighted by Gasteiger charge is 2.14. The van der Waals surface area contributed by atoms with Crippen LogP contribution in [0.25, 0.3) is 27.3 Å². The molecule has 0 bridgehead atoms. The maximum atomic E-state index is 12.4. The quantitative estimate of drug-likeness (QED) is 0.458. The Morgan fingerprint density at radius 1 is 1.07 bits per heavy atom. The van der Waals surface area contributed by atoms with Gasteiger partial charge < -0.3 is 4.98 Å². The van der Waals surface area contributed by atoms with Gasteiger partial charge in [-0.2, -0.15) is 4.98 Å². The zero-order valence-corrected chi connectivity index (χ0v) is 16.5. The van der Waals surface area contributed by atoms with Crippen LogP contribution < -0.4 is 10.9 Å². The fraction of sp³-hybridized carbons (Fsp3) is 0.0952. The van der Waals surface area contributed by atoms with Crippen molar-refractivity contribution in [1.29, 1.82) is 0 Å². The van der Waals surface area contributed by atoms with Crippen molar-refractivity contribution >= 4 is 39.2 Å². The van der Waals surface area contributed by atoms with Crippen molar-refractivity contribution in [2.45, 2.75) is 12.8 Å². The Kier molecular flexibility index (Phi) is 4.56. The molecule has 1 amide bonds. The number of anilines is 1. The second kappa shape index (κ2) is 7.53. The number of para-hydroxylation sites is 2. The number of hydrogen-bond donors (Lipinski definition) is 2. The Morgan fingerprint density at radius 3 is 2.73 bits per heavy atom. The molecule has 0 radical (unpaired) electrons. The first-order chi connectivity index (χ1) is 14.7. The van der Waals surface area contributed by atoms with E-state index in [0.29, 0.717) is 21.7 Å². The molecule has 2 aromatic carbocycles. The lowest BCUT2D eigenvalue weighted by Gasteiger charge is -2.03. The summed E-state index contributed by atoms with van der Waals surface area (Å²) in [7, 11) is 0. The zero-order valence-electron chi connectivity index (χ0n) is 15.7. The molecule has 9 heteroatoms. The molecular weight excluding hydrogens is 400 g/mol. The largest absolute Gasteiger partial charge is 0.319 e. The van der Waals surface area contributed by atoms with Crippen LogP contribution in [0.2, 0.25) is 0 Å². The first kappa shape index (κ1) is 18.2. The van der Waals surface area contributed by atoms with Crippen LogP contribution in [0.3, 0.4) is 0 Å². The van der Waals surface area contributed by atoms with Gasteiger partial charge in [-0.25, -0.2) is 9.50 Å². The molecule has 0 saturated heterocycles. The van der Waals surface area contributed by atoms with Crippen LogP contribution in [0, 0.1) is 0 Å². The van der Waals surface area contributed by atoms with E-state index in [1.54, 1.807) is 10.6 Å². The molecule has 5 rings (SSSR count). The molecule has 0 spiro atoms. The maximum Gasteiger partial charge on any atom is 0.270 e. The van der Waals surface area contributed by atoms with Crippen LogP contribution in [-0.2, 0) is 11.2 Å². The summed E-state index contributed by atoms with van der Waals surface area (Å²) in [6, 6.07) is 17.2. The van der Waals surface area contributed by atoms with Gasteiger partial charge in [0, 0.05) is 23.8 Å². The van der Waals surface area contributed by atoms with Crippen molar-refractivity contribution in [3.05, 3.63) is 76.0 Å². The van der Waals surface area contributed by atoms with E-state index in [1.165, 1.54) is 11.3 Å². The Bertz CT molecular complexity index is 1420. The summed E-state index contributed by atoms with van der Waals surface area (Å²) in [5, 5.41) is 9.09. The van der Waals surface area contributed by atoms with Gasteiger partial charge in [-0.1, -0.05) is 42.5 Å². The third-order valence-corrected chi connectivity index (χ3v) is 5.48. The van der Waals surface area contributed by atoms with Crippen LogP contribution in [0.1, 0.15) is 12.1 Å². The van der Waals surface area contributed by atoms with Crippen LogP contribution in [-0.4, -0.2) is 30.5 Å². The van der Waals surface area contributed by atoms with Crippen molar-refractivity contribution in [3.8, 4) is 11.3 Å². The number of fused-ring (bicyclic) bond motifs is 2. The van der Waals surface area contributed by atoms with E-state index < -0.39 is 0 Å². The van der Waals surface area contributed by atoms with Gasteiger partial charge in [-0.3, -0.25) is 14.9 Å². The molecule has 8 nitrogen and oxygen atoms in total. The third kappa shape index (κ3) is 3.46. The molecule has 0 aliphatic rings. The molecule has 0 aliphatic heterocycles. The number of aromatic amines is 1. The molecule has 148 valence electrons. The van der Waals surface area contributed by atoms with Crippen LogP contribution in [0.4, 0.5) is 5.95 Å². The Hall–Kier alpha value is -3.85. The van der Waals surface area contributed by atoms with Gasteiger partial charge in [0.25, 0.3) is 5.56 Å². The highest BCUT2D eigenvalue weighted by atomic mass is 32.1.